The van der Waals surface area contributed by atoms with Crippen LogP contribution >= 0.6 is 11.6 Å². The summed E-state index contributed by atoms with van der Waals surface area (Å²) in [5.41, 5.74) is 3.25. The Hall–Kier alpha value is -4.88. The predicted molar refractivity (Wildman–Crippen MR) is 156 cm³/mol. The number of hydrogen-bond acceptors (Lipinski definition) is 6. The lowest BCUT2D eigenvalue weighted by Crippen LogP contribution is -2.36. The van der Waals surface area contributed by atoms with Crippen molar-refractivity contribution in [3.63, 3.8) is 0 Å². The Bertz CT molecular complexity index is 1740. The van der Waals surface area contributed by atoms with E-state index in [1.165, 1.54) is 6.07 Å². The van der Waals surface area contributed by atoms with Gasteiger partial charge in [-0.25, -0.2) is 14.4 Å². The molecule has 41 heavy (non-hydrogen) atoms. The molecular weight excluding hydrogens is 542 g/mol. The lowest BCUT2D eigenvalue weighted by molar-refractivity contribution is -0.136. The van der Waals surface area contributed by atoms with Crippen LogP contribution in [0.1, 0.15) is 33.9 Å². The number of hydrogen-bond donors (Lipinski definition) is 1. The molecule has 0 fully saturated rings. The first-order chi connectivity index (χ1) is 19.9. The van der Waals surface area contributed by atoms with Gasteiger partial charge in [-0.3, -0.25) is 0 Å². The van der Waals surface area contributed by atoms with Crippen molar-refractivity contribution in [3.05, 3.63) is 146 Å². The molecule has 0 bridgehead atoms. The molecule has 0 saturated heterocycles. The number of nitrogens with one attached hydrogen (secondary N) is 1. The van der Waals surface area contributed by atoms with Gasteiger partial charge in [0.15, 0.2) is 11.8 Å². The largest absolute Gasteiger partial charge is 0.445 e. The first-order valence-corrected chi connectivity index (χ1v) is 13.3. The summed E-state index contributed by atoms with van der Waals surface area (Å²) < 4.78 is 16.6. The third kappa shape index (κ3) is 6.65. The Morgan fingerprint density at radius 3 is 2.15 bits per heavy atom. The highest BCUT2D eigenvalue weighted by Crippen LogP contribution is 2.33. The van der Waals surface area contributed by atoms with Crippen LogP contribution in [0, 0.1) is 6.92 Å². The predicted octanol–water partition coefficient (Wildman–Crippen LogP) is 6.92. The molecule has 1 aromatic heterocycles. The number of alkyl carbamates (subject to hydrolysis) is 1. The first kappa shape index (κ1) is 27.7. The number of carbonyl (C=O) groups excluding carboxylic acids is 2. The summed E-state index contributed by atoms with van der Waals surface area (Å²) in [6, 6.07) is 29.2. The number of halogens is 1. The number of ether oxygens (including phenoxy) is 2. The van der Waals surface area contributed by atoms with E-state index in [2.05, 4.69) is 5.32 Å². The normalized spacial score (nSPS) is 11.6. The molecule has 1 atom stereocenters. The second-order valence-corrected chi connectivity index (χ2v) is 9.81. The minimum absolute atomic E-state index is 0.0112. The van der Waals surface area contributed by atoms with Gasteiger partial charge in [0.2, 0.25) is 0 Å². The molecule has 1 heterocycles. The summed E-state index contributed by atoms with van der Waals surface area (Å²) in [4.78, 5) is 38.9. The number of fused-ring (bicyclic) bond motifs is 1. The van der Waals surface area contributed by atoms with Crippen molar-refractivity contribution in [1.29, 1.82) is 0 Å². The SMILES string of the molecule is Cc1c(Cc2ccccc2)c(=O)oc2cc(OC(=O)C(NC(=O)OCc3ccccc3)c3ccccc3)c(Cl)cc12. The van der Waals surface area contributed by atoms with Crippen LogP contribution in [0.3, 0.4) is 0 Å². The zero-order valence-electron chi connectivity index (χ0n) is 22.1. The maximum Gasteiger partial charge on any atom is 0.408 e. The van der Waals surface area contributed by atoms with Crippen molar-refractivity contribution in [3.8, 4) is 5.75 Å². The summed E-state index contributed by atoms with van der Waals surface area (Å²) in [5, 5.41) is 3.35. The van der Waals surface area contributed by atoms with E-state index in [1.807, 2.05) is 67.6 Å². The van der Waals surface area contributed by atoms with Gasteiger partial charge >= 0.3 is 17.7 Å². The van der Waals surface area contributed by atoms with Crippen LogP contribution < -0.4 is 15.7 Å². The van der Waals surface area contributed by atoms with Gasteiger partial charge in [-0.1, -0.05) is 103 Å². The standard InChI is InChI=1S/C33H26ClNO6/c1-21-25-18-27(34)29(19-28(25)40-31(36)26(21)17-22-11-5-2-6-12-22)41-32(37)30(24-15-9-4-10-16-24)35-33(38)39-20-23-13-7-3-8-14-23/h2-16,18-19,30H,17,20H2,1H3,(H,35,38). The molecule has 0 saturated carbocycles. The molecule has 0 aliphatic rings. The van der Waals surface area contributed by atoms with Gasteiger partial charge in [0, 0.05) is 23.4 Å². The van der Waals surface area contributed by atoms with Crippen molar-refractivity contribution in [1.82, 2.24) is 5.32 Å². The highest BCUT2D eigenvalue weighted by Gasteiger charge is 2.27. The second kappa shape index (κ2) is 12.5. The number of aryl methyl sites for hydroxylation is 1. The van der Waals surface area contributed by atoms with Crippen LogP contribution in [0.2, 0.25) is 5.02 Å². The van der Waals surface area contributed by atoms with Crippen molar-refractivity contribution in [2.75, 3.05) is 0 Å². The molecule has 0 aliphatic carbocycles. The molecule has 7 nitrogen and oxygen atoms in total. The number of benzene rings is 4. The molecular formula is C33H26ClNO6. The molecule has 0 aliphatic heterocycles. The molecule has 5 aromatic rings. The van der Waals surface area contributed by atoms with Gasteiger partial charge in [-0.15, -0.1) is 0 Å². The van der Waals surface area contributed by atoms with Crippen molar-refractivity contribution < 1.29 is 23.5 Å². The van der Waals surface area contributed by atoms with E-state index in [4.69, 9.17) is 25.5 Å². The fourth-order valence-corrected chi connectivity index (χ4v) is 4.65. The maximum atomic E-state index is 13.4. The van der Waals surface area contributed by atoms with Crippen LogP contribution in [0.5, 0.6) is 5.75 Å². The quantitative estimate of drug-likeness (QED) is 0.124. The van der Waals surface area contributed by atoms with Crippen LogP contribution in [-0.4, -0.2) is 12.1 Å². The van der Waals surface area contributed by atoms with Crippen LogP contribution in [0.4, 0.5) is 4.79 Å². The summed E-state index contributed by atoms with van der Waals surface area (Å²) >= 11 is 6.54. The zero-order valence-corrected chi connectivity index (χ0v) is 22.9. The van der Waals surface area contributed by atoms with Gasteiger partial charge in [-0.2, -0.15) is 0 Å². The summed E-state index contributed by atoms with van der Waals surface area (Å²) in [6.07, 6.45) is -0.388. The van der Waals surface area contributed by atoms with Crippen molar-refractivity contribution >= 4 is 34.6 Å². The van der Waals surface area contributed by atoms with Gasteiger partial charge < -0.3 is 19.2 Å². The molecule has 0 spiro atoms. The highest BCUT2D eigenvalue weighted by molar-refractivity contribution is 6.33. The molecule has 1 unspecified atom stereocenters. The van der Waals surface area contributed by atoms with E-state index in [1.54, 1.807) is 36.4 Å². The topological polar surface area (TPSA) is 94.8 Å². The van der Waals surface area contributed by atoms with Crippen LogP contribution in [0.15, 0.2) is 112 Å². The van der Waals surface area contributed by atoms with E-state index < -0.39 is 23.7 Å². The fraction of sp³-hybridized carbons (Fsp3) is 0.121. The van der Waals surface area contributed by atoms with E-state index in [-0.39, 0.29) is 23.0 Å². The number of carbonyl (C=O) groups is 2. The average Bonchev–Trinajstić information content (AvgIpc) is 2.99. The summed E-state index contributed by atoms with van der Waals surface area (Å²) in [7, 11) is 0. The molecule has 206 valence electrons. The Morgan fingerprint density at radius 2 is 1.49 bits per heavy atom. The molecule has 4 aromatic carbocycles. The second-order valence-electron chi connectivity index (χ2n) is 9.41. The summed E-state index contributed by atoms with van der Waals surface area (Å²) in [6.45, 7) is 1.86. The van der Waals surface area contributed by atoms with Gasteiger partial charge in [-0.05, 0) is 35.2 Å². The number of amides is 1. The smallest absolute Gasteiger partial charge is 0.408 e. The molecule has 5 rings (SSSR count). The third-order valence-electron chi connectivity index (χ3n) is 6.62. The van der Waals surface area contributed by atoms with Gasteiger partial charge in [0.1, 0.15) is 12.2 Å². The lowest BCUT2D eigenvalue weighted by atomic mass is 9.99. The fourth-order valence-electron chi connectivity index (χ4n) is 4.45. The average molecular weight is 568 g/mol. The maximum absolute atomic E-state index is 13.4. The highest BCUT2D eigenvalue weighted by atomic mass is 35.5. The van der Waals surface area contributed by atoms with Crippen LogP contribution in [-0.2, 0) is 22.6 Å². The Balaban J connectivity index is 1.38. The molecule has 8 heteroatoms. The minimum atomic E-state index is -1.19. The van der Waals surface area contributed by atoms with Crippen LogP contribution in [0.25, 0.3) is 11.0 Å². The van der Waals surface area contributed by atoms with Gasteiger partial charge in [0.05, 0.1) is 5.02 Å². The van der Waals surface area contributed by atoms with Crippen molar-refractivity contribution in [2.24, 2.45) is 0 Å². The van der Waals surface area contributed by atoms with E-state index >= 15 is 0 Å². The molecule has 0 radical (unpaired) electrons. The third-order valence-corrected chi connectivity index (χ3v) is 6.91. The Labute approximate surface area is 241 Å². The van der Waals surface area contributed by atoms with E-state index in [9.17, 15) is 14.4 Å². The number of esters is 1. The first-order valence-electron chi connectivity index (χ1n) is 12.9. The molecule has 1 amide bonds. The Morgan fingerprint density at radius 1 is 0.878 bits per heavy atom. The summed E-state index contributed by atoms with van der Waals surface area (Å²) in [5.74, 6) is -0.809. The van der Waals surface area contributed by atoms with E-state index in [0.29, 0.717) is 22.9 Å². The van der Waals surface area contributed by atoms with Crippen molar-refractivity contribution in [2.45, 2.75) is 26.0 Å². The monoisotopic (exact) mass is 567 g/mol. The minimum Gasteiger partial charge on any atom is -0.445 e. The zero-order chi connectivity index (χ0) is 28.8. The number of rotatable bonds is 8. The molecule has 1 N–H and O–H groups in total. The van der Waals surface area contributed by atoms with E-state index in [0.717, 1.165) is 16.7 Å². The Kier molecular flexibility index (Phi) is 8.46. The lowest BCUT2D eigenvalue weighted by Gasteiger charge is -2.18. The van der Waals surface area contributed by atoms with Gasteiger partial charge in [0.25, 0.3) is 0 Å².